The molecule has 12 heavy (non-hydrogen) atoms. The molecule has 0 saturated carbocycles. The first-order chi connectivity index (χ1) is 5.63. The molecule has 66 valence electrons. The lowest BCUT2D eigenvalue weighted by atomic mass is 10.3. The summed E-state index contributed by atoms with van der Waals surface area (Å²) in [6.45, 7) is 1.83. The van der Waals surface area contributed by atoms with Gasteiger partial charge in [0.15, 0.2) is 0 Å². The normalized spacial score (nSPS) is 12.6. The Kier molecular flexibility index (Phi) is 2.47. The summed E-state index contributed by atoms with van der Waals surface area (Å²) in [6, 6.07) is 1.59. The third kappa shape index (κ3) is 1.64. The minimum absolute atomic E-state index is 0.0544. The highest BCUT2D eigenvalue weighted by Gasteiger charge is 2.15. The zero-order valence-electron chi connectivity index (χ0n) is 7.56. The van der Waals surface area contributed by atoms with Crippen molar-refractivity contribution in [2.24, 2.45) is 0 Å². The van der Waals surface area contributed by atoms with Crippen molar-refractivity contribution in [3.63, 3.8) is 0 Å². The molecule has 1 rings (SSSR count). The number of hydrogen-bond acceptors (Lipinski definition) is 2. The molecule has 0 aliphatic carbocycles. The Labute approximate surface area is 71.8 Å². The van der Waals surface area contributed by atoms with Crippen LogP contribution < -0.4 is 0 Å². The average Bonchev–Trinajstić information content (AvgIpc) is 2.53. The molecule has 0 aliphatic rings. The van der Waals surface area contributed by atoms with E-state index in [1.54, 1.807) is 42.1 Å². The molecule has 1 aromatic heterocycles. The molecule has 0 bridgehead atoms. The first-order valence-corrected chi connectivity index (χ1v) is 3.83. The van der Waals surface area contributed by atoms with E-state index in [2.05, 4.69) is 5.10 Å². The Hall–Kier alpha value is -1.32. The van der Waals surface area contributed by atoms with Crippen LogP contribution in [0.3, 0.4) is 0 Å². The van der Waals surface area contributed by atoms with Gasteiger partial charge in [-0.15, -0.1) is 0 Å². The Balaban J connectivity index is 2.72. The summed E-state index contributed by atoms with van der Waals surface area (Å²) in [7, 11) is 3.48. The van der Waals surface area contributed by atoms with Crippen LogP contribution in [0, 0.1) is 0 Å². The lowest BCUT2D eigenvalue weighted by Gasteiger charge is -2.16. The van der Waals surface area contributed by atoms with E-state index >= 15 is 0 Å². The summed E-state index contributed by atoms with van der Waals surface area (Å²) in [6.07, 6.45) is 3.45. The molecule has 0 unspecified atom stereocenters. The molecule has 1 atom stereocenters. The van der Waals surface area contributed by atoms with Gasteiger partial charge >= 0.3 is 0 Å². The van der Waals surface area contributed by atoms with Crippen molar-refractivity contribution in [3.8, 4) is 0 Å². The van der Waals surface area contributed by atoms with Crippen LogP contribution in [0.2, 0.25) is 0 Å². The molecule has 1 heterocycles. The van der Waals surface area contributed by atoms with Gasteiger partial charge in [0.05, 0.1) is 0 Å². The fraction of sp³-hybridized carbons (Fsp3) is 0.500. The van der Waals surface area contributed by atoms with E-state index in [9.17, 15) is 4.79 Å². The number of rotatable bonds is 2. The van der Waals surface area contributed by atoms with E-state index in [1.165, 1.54) is 0 Å². The molecule has 1 amide bonds. The van der Waals surface area contributed by atoms with Crippen molar-refractivity contribution in [1.82, 2.24) is 14.7 Å². The van der Waals surface area contributed by atoms with Crippen LogP contribution in [0.4, 0.5) is 0 Å². The highest BCUT2D eigenvalue weighted by atomic mass is 16.2. The van der Waals surface area contributed by atoms with Crippen LogP contribution in [-0.4, -0.2) is 34.7 Å². The van der Waals surface area contributed by atoms with Crippen molar-refractivity contribution in [1.29, 1.82) is 0 Å². The van der Waals surface area contributed by atoms with Crippen LogP contribution in [0.1, 0.15) is 13.0 Å². The van der Waals surface area contributed by atoms with Crippen molar-refractivity contribution < 1.29 is 4.79 Å². The zero-order valence-corrected chi connectivity index (χ0v) is 7.56. The zero-order chi connectivity index (χ0) is 9.14. The molecule has 0 aromatic carbocycles. The van der Waals surface area contributed by atoms with Gasteiger partial charge in [-0.2, -0.15) is 5.10 Å². The second-order valence-electron chi connectivity index (χ2n) is 2.89. The van der Waals surface area contributed by atoms with Crippen LogP contribution in [0.25, 0.3) is 0 Å². The average molecular weight is 167 g/mol. The monoisotopic (exact) mass is 167 g/mol. The Morgan fingerprint density at radius 3 is 2.67 bits per heavy atom. The largest absolute Gasteiger partial charge is 0.347 e. The maximum absolute atomic E-state index is 11.4. The number of carbonyl (C=O) groups is 1. The van der Waals surface area contributed by atoms with Crippen molar-refractivity contribution >= 4 is 5.91 Å². The number of carbonyl (C=O) groups excluding carboxylic acids is 1. The number of aromatic nitrogens is 2. The summed E-state index contributed by atoms with van der Waals surface area (Å²) < 4.78 is 1.64. The maximum atomic E-state index is 11.4. The molecule has 0 fully saturated rings. The number of hydrogen-bond donors (Lipinski definition) is 0. The first-order valence-electron chi connectivity index (χ1n) is 3.83. The summed E-state index contributed by atoms with van der Waals surface area (Å²) in [4.78, 5) is 13.0. The highest BCUT2D eigenvalue weighted by Crippen LogP contribution is 2.05. The van der Waals surface area contributed by atoms with Crippen LogP contribution in [0.15, 0.2) is 18.5 Å². The van der Waals surface area contributed by atoms with Crippen molar-refractivity contribution in [3.05, 3.63) is 18.5 Å². The topological polar surface area (TPSA) is 38.1 Å². The Morgan fingerprint density at radius 2 is 2.25 bits per heavy atom. The van der Waals surface area contributed by atoms with Gasteiger partial charge in [-0.05, 0) is 13.0 Å². The number of nitrogens with zero attached hydrogens (tertiary/aromatic N) is 3. The van der Waals surface area contributed by atoms with Gasteiger partial charge in [0.1, 0.15) is 6.04 Å². The van der Waals surface area contributed by atoms with Crippen molar-refractivity contribution in [2.75, 3.05) is 14.1 Å². The fourth-order valence-electron chi connectivity index (χ4n) is 0.997. The second-order valence-corrected chi connectivity index (χ2v) is 2.89. The summed E-state index contributed by atoms with van der Waals surface area (Å²) >= 11 is 0. The van der Waals surface area contributed by atoms with Gasteiger partial charge in [0, 0.05) is 26.5 Å². The van der Waals surface area contributed by atoms with Gasteiger partial charge < -0.3 is 4.90 Å². The quantitative estimate of drug-likeness (QED) is 0.644. The standard InChI is InChI=1S/C8H13N3O/c1-7(8(12)10(2)3)11-6-4-5-9-11/h4-7H,1-3H3/t7-/m0/s1. The van der Waals surface area contributed by atoms with E-state index in [0.717, 1.165) is 0 Å². The van der Waals surface area contributed by atoms with Gasteiger partial charge in [0.2, 0.25) is 5.91 Å². The van der Waals surface area contributed by atoms with Gasteiger partial charge in [-0.1, -0.05) is 0 Å². The number of amides is 1. The van der Waals surface area contributed by atoms with Gasteiger partial charge in [-0.3, -0.25) is 9.48 Å². The molecule has 0 saturated heterocycles. The predicted molar refractivity (Wildman–Crippen MR) is 45.6 cm³/mol. The molecule has 4 heteroatoms. The molecule has 0 radical (unpaired) electrons. The molecule has 0 N–H and O–H groups in total. The Morgan fingerprint density at radius 1 is 1.58 bits per heavy atom. The molecular weight excluding hydrogens is 154 g/mol. The third-order valence-electron chi connectivity index (χ3n) is 1.72. The Bertz CT molecular complexity index is 253. The van der Waals surface area contributed by atoms with Gasteiger partial charge in [-0.25, -0.2) is 0 Å². The fourth-order valence-corrected chi connectivity index (χ4v) is 0.997. The minimum atomic E-state index is -0.213. The van der Waals surface area contributed by atoms with E-state index in [-0.39, 0.29) is 11.9 Å². The second kappa shape index (κ2) is 3.38. The number of likely N-dealkylation sites (N-methyl/N-ethyl adjacent to an activating group) is 1. The van der Waals surface area contributed by atoms with Crippen LogP contribution >= 0.6 is 0 Å². The van der Waals surface area contributed by atoms with E-state index in [0.29, 0.717) is 0 Å². The highest BCUT2D eigenvalue weighted by molar-refractivity contribution is 5.79. The molecule has 0 spiro atoms. The lowest BCUT2D eigenvalue weighted by Crippen LogP contribution is -2.30. The smallest absolute Gasteiger partial charge is 0.246 e. The van der Waals surface area contributed by atoms with Crippen LogP contribution in [0.5, 0.6) is 0 Å². The third-order valence-corrected chi connectivity index (χ3v) is 1.72. The minimum Gasteiger partial charge on any atom is -0.347 e. The van der Waals surface area contributed by atoms with E-state index in [1.807, 2.05) is 6.92 Å². The van der Waals surface area contributed by atoms with E-state index in [4.69, 9.17) is 0 Å². The summed E-state index contributed by atoms with van der Waals surface area (Å²) in [5.41, 5.74) is 0. The van der Waals surface area contributed by atoms with E-state index < -0.39 is 0 Å². The lowest BCUT2D eigenvalue weighted by molar-refractivity contribution is -0.131. The van der Waals surface area contributed by atoms with Crippen molar-refractivity contribution in [2.45, 2.75) is 13.0 Å². The van der Waals surface area contributed by atoms with Crippen LogP contribution in [-0.2, 0) is 4.79 Å². The molecule has 1 aromatic rings. The molecule has 0 aliphatic heterocycles. The predicted octanol–water partition coefficient (Wildman–Crippen LogP) is 0.532. The molecule has 4 nitrogen and oxygen atoms in total. The SMILES string of the molecule is C[C@@H](C(=O)N(C)C)n1cccn1. The summed E-state index contributed by atoms with van der Waals surface area (Å²) in [5.74, 6) is 0.0544. The van der Waals surface area contributed by atoms with Gasteiger partial charge in [0.25, 0.3) is 0 Å². The maximum Gasteiger partial charge on any atom is 0.246 e. The summed E-state index contributed by atoms with van der Waals surface area (Å²) in [5, 5.41) is 3.99. The first kappa shape index (κ1) is 8.77. The molecular formula is C8H13N3O.